The highest BCUT2D eigenvalue weighted by atomic mass is 32.2. The van der Waals surface area contributed by atoms with Crippen molar-refractivity contribution in [2.24, 2.45) is 0 Å². The first-order valence-corrected chi connectivity index (χ1v) is 18.3. The van der Waals surface area contributed by atoms with E-state index in [1.807, 2.05) is 18.7 Å². The van der Waals surface area contributed by atoms with Gasteiger partial charge in [0, 0.05) is 6.42 Å². The topological polar surface area (TPSA) is 125 Å². The summed E-state index contributed by atoms with van der Waals surface area (Å²) >= 11 is 1.89. The van der Waals surface area contributed by atoms with Crippen molar-refractivity contribution in [3.63, 3.8) is 0 Å². The minimum Gasteiger partial charge on any atom is -0.382 e. The van der Waals surface area contributed by atoms with E-state index in [2.05, 4.69) is 20.9 Å². The van der Waals surface area contributed by atoms with Crippen LogP contribution in [0, 0.1) is 12.3 Å². The van der Waals surface area contributed by atoms with Crippen LogP contribution in [0.2, 0.25) is 0 Å². The third kappa shape index (κ3) is 16.6. The fourth-order valence-corrected chi connectivity index (χ4v) is 6.51. The third-order valence-electron chi connectivity index (χ3n) is 6.99. The Morgan fingerprint density at radius 2 is 1.54 bits per heavy atom. The number of terminal acetylenes is 1. The standard InChI is InChI=1S/C30H52N5O4PS/c1-3-4-5-6-7-8-9-10-11-12-13-14-15-16-17-18-21-41-22-19-20-39-40(36,37)26-38-27(2)23-35-25-34-28-29(31)32-24-33-30(28)35/h1,24-25,27H,4-23,26H2,2H3,(H,36,37)(H2,31,32,33)/t27-/m1/s1. The van der Waals surface area contributed by atoms with Crippen LogP contribution in [0.25, 0.3) is 11.2 Å². The number of ether oxygens (including phenoxy) is 1. The Labute approximate surface area is 251 Å². The van der Waals surface area contributed by atoms with Crippen LogP contribution in [0.5, 0.6) is 0 Å². The van der Waals surface area contributed by atoms with Crippen molar-refractivity contribution in [3.05, 3.63) is 12.7 Å². The average molecular weight is 610 g/mol. The molecule has 2 heterocycles. The second-order valence-corrected chi connectivity index (χ2v) is 13.8. The van der Waals surface area contributed by atoms with E-state index in [-0.39, 0.29) is 19.1 Å². The lowest BCUT2D eigenvalue weighted by atomic mass is 10.0. The molecule has 0 amide bonds. The molecule has 2 atom stereocenters. The van der Waals surface area contributed by atoms with E-state index in [0.29, 0.717) is 23.5 Å². The molecule has 2 aromatic rings. The van der Waals surface area contributed by atoms with Crippen LogP contribution in [0.1, 0.15) is 110 Å². The van der Waals surface area contributed by atoms with Crippen LogP contribution in [0.3, 0.4) is 0 Å². The molecule has 0 saturated carbocycles. The van der Waals surface area contributed by atoms with E-state index in [1.54, 1.807) is 10.9 Å². The summed E-state index contributed by atoms with van der Waals surface area (Å²) in [7, 11) is -3.79. The second-order valence-electron chi connectivity index (χ2n) is 10.8. The Bertz CT molecular complexity index is 1050. The van der Waals surface area contributed by atoms with Crippen molar-refractivity contribution in [2.45, 2.75) is 122 Å². The highest BCUT2D eigenvalue weighted by Crippen LogP contribution is 2.42. The van der Waals surface area contributed by atoms with Crippen LogP contribution in [-0.2, 0) is 20.4 Å². The van der Waals surface area contributed by atoms with Crippen LogP contribution in [0.4, 0.5) is 5.82 Å². The van der Waals surface area contributed by atoms with Crippen molar-refractivity contribution in [2.75, 3.05) is 30.2 Å². The average Bonchev–Trinajstić information content (AvgIpc) is 3.36. The molecular formula is C30H52N5O4PS. The fourth-order valence-electron chi connectivity index (χ4n) is 4.64. The van der Waals surface area contributed by atoms with Crippen molar-refractivity contribution in [3.8, 4) is 12.3 Å². The molecule has 0 bridgehead atoms. The van der Waals surface area contributed by atoms with Gasteiger partial charge < -0.3 is 24.5 Å². The van der Waals surface area contributed by atoms with E-state index in [4.69, 9.17) is 21.4 Å². The first kappa shape index (κ1) is 35.6. The minimum absolute atomic E-state index is 0.257. The number of hydrogen-bond acceptors (Lipinski definition) is 8. The lowest BCUT2D eigenvalue weighted by molar-refractivity contribution is 0.0718. The molecule has 1 unspecified atom stereocenters. The number of nitrogens with two attached hydrogens (primary N) is 1. The van der Waals surface area contributed by atoms with Gasteiger partial charge in [-0.25, -0.2) is 15.0 Å². The summed E-state index contributed by atoms with van der Waals surface area (Å²) in [5.74, 6) is 5.10. The maximum Gasteiger partial charge on any atom is 0.353 e. The van der Waals surface area contributed by atoms with Gasteiger partial charge in [0.25, 0.3) is 0 Å². The predicted molar refractivity (Wildman–Crippen MR) is 171 cm³/mol. The quantitative estimate of drug-likeness (QED) is 0.0630. The van der Waals surface area contributed by atoms with E-state index in [0.717, 1.165) is 24.3 Å². The van der Waals surface area contributed by atoms with Crippen LogP contribution in [0.15, 0.2) is 12.7 Å². The summed E-state index contributed by atoms with van der Waals surface area (Å²) in [5, 5.41) is 0. The highest BCUT2D eigenvalue weighted by molar-refractivity contribution is 7.99. The van der Waals surface area contributed by atoms with Gasteiger partial charge in [-0.05, 0) is 37.7 Å². The summed E-state index contributed by atoms with van der Waals surface area (Å²) in [6, 6.07) is 0. The molecule has 0 fully saturated rings. The van der Waals surface area contributed by atoms with Gasteiger partial charge in [-0.2, -0.15) is 11.8 Å². The first-order valence-electron chi connectivity index (χ1n) is 15.4. The van der Waals surface area contributed by atoms with Crippen molar-refractivity contribution in [1.82, 2.24) is 19.5 Å². The summed E-state index contributed by atoms with van der Waals surface area (Å²) in [4.78, 5) is 22.4. The maximum absolute atomic E-state index is 12.3. The van der Waals surface area contributed by atoms with E-state index in [1.165, 1.54) is 96.2 Å². The Balaban J connectivity index is 1.35. The lowest BCUT2D eigenvalue weighted by Crippen LogP contribution is -2.17. The van der Waals surface area contributed by atoms with Gasteiger partial charge in [0.15, 0.2) is 11.5 Å². The molecule has 0 aliphatic rings. The van der Waals surface area contributed by atoms with Crippen molar-refractivity contribution >= 4 is 36.3 Å². The summed E-state index contributed by atoms with van der Waals surface area (Å²) in [6.07, 6.45) is 28.0. The Hall–Kier alpha value is -1.63. The molecule has 3 N–H and O–H groups in total. The molecule has 0 saturated heterocycles. The number of nitrogen functional groups attached to an aromatic ring is 1. The monoisotopic (exact) mass is 609 g/mol. The van der Waals surface area contributed by atoms with Gasteiger partial charge >= 0.3 is 7.60 Å². The molecule has 9 nitrogen and oxygen atoms in total. The second kappa shape index (κ2) is 22.0. The number of thioether (sulfide) groups is 1. The molecule has 0 aliphatic heterocycles. The van der Waals surface area contributed by atoms with Gasteiger partial charge in [0.1, 0.15) is 18.2 Å². The summed E-state index contributed by atoms with van der Waals surface area (Å²) in [6.45, 7) is 2.49. The lowest BCUT2D eigenvalue weighted by Gasteiger charge is -2.17. The van der Waals surface area contributed by atoms with Crippen LogP contribution >= 0.6 is 19.4 Å². The first-order chi connectivity index (χ1) is 19.9. The van der Waals surface area contributed by atoms with Gasteiger partial charge in [0.05, 0.1) is 25.6 Å². The van der Waals surface area contributed by atoms with Crippen molar-refractivity contribution in [1.29, 1.82) is 0 Å². The predicted octanol–water partition coefficient (Wildman–Crippen LogP) is 7.58. The molecular weight excluding hydrogens is 557 g/mol. The molecule has 0 spiro atoms. The smallest absolute Gasteiger partial charge is 0.353 e. The van der Waals surface area contributed by atoms with Gasteiger partial charge in [-0.3, -0.25) is 4.57 Å². The SMILES string of the molecule is C#CCCCCCCCCCCCCCCCCSCCCOP(=O)(O)CO[C@H](C)Cn1cnc2c(N)ncnc21. The van der Waals surface area contributed by atoms with E-state index in [9.17, 15) is 9.46 Å². The molecule has 0 aromatic carbocycles. The molecule has 232 valence electrons. The van der Waals surface area contributed by atoms with E-state index < -0.39 is 7.60 Å². The number of fused-ring (bicyclic) bond motifs is 1. The van der Waals surface area contributed by atoms with E-state index >= 15 is 0 Å². The molecule has 11 heteroatoms. The number of unbranched alkanes of at least 4 members (excludes halogenated alkanes) is 14. The zero-order valence-electron chi connectivity index (χ0n) is 25.1. The molecule has 0 aliphatic carbocycles. The van der Waals surface area contributed by atoms with Crippen LogP contribution in [-0.4, -0.2) is 55.0 Å². The summed E-state index contributed by atoms with van der Waals surface area (Å²) in [5.41, 5.74) is 6.94. The van der Waals surface area contributed by atoms with Gasteiger partial charge in [0.2, 0.25) is 0 Å². The minimum atomic E-state index is -3.79. The maximum atomic E-state index is 12.3. The zero-order valence-corrected chi connectivity index (χ0v) is 26.8. The number of imidazole rings is 1. The largest absolute Gasteiger partial charge is 0.382 e. The van der Waals surface area contributed by atoms with Gasteiger partial charge in [-0.1, -0.05) is 77.0 Å². The number of anilines is 1. The molecule has 2 aromatic heterocycles. The number of aromatic nitrogens is 4. The van der Waals surface area contributed by atoms with Crippen LogP contribution < -0.4 is 5.73 Å². The number of nitrogens with zero attached hydrogens (tertiary/aromatic N) is 4. The van der Waals surface area contributed by atoms with Gasteiger partial charge in [-0.15, -0.1) is 12.3 Å². The normalized spacial score (nSPS) is 13.8. The Morgan fingerprint density at radius 1 is 0.951 bits per heavy atom. The Morgan fingerprint density at radius 3 is 2.17 bits per heavy atom. The summed E-state index contributed by atoms with van der Waals surface area (Å²) < 4.78 is 24.9. The van der Waals surface area contributed by atoms with Crippen molar-refractivity contribution < 1.29 is 18.7 Å². The fraction of sp³-hybridized carbons (Fsp3) is 0.767. The molecule has 0 radical (unpaired) electrons. The molecule has 2 rings (SSSR count). The molecule has 41 heavy (non-hydrogen) atoms. The number of hydrogen-bond donors (Lipinski definition) is 2. The zero-order chi connectivity index (χ0) is 29.6. The third-order valence-corrected chi connectivity index (χ3v) is 9.21. The Kier molecular flexibility index (Phi) is 19.1. The number of rotatable bonds is 26. The highest BCUT2D eigenvalue weighted by Gasteiger charge is 2.21.